The minimum absolute atomic E-state index is 0.130. The molecule has 0 bridgehead atoms. The summed E-state index contributed by atoms with van der Waals surface area (Å²) < 4.78 is 18.3. The van der Waals surface area contributed by atoms with Crippen LogP contribution in [0.25, 0.3) is 0 Å². The number of hydrogen-bond donors (Lipinski definition) is 1. The summed E-state index contributed by atoms with van der Waals surface area (Å²) in [7, 11) is 0. The minimum atomic E-state index is -0.612. The molecule has 1 aromatic rings. The number of hydrogen-bond acceptors (Lipinski definition) is 4. The van der Waals surface area contributed by atoms with E-state index in [1.165, 1.54) is 23.1 Å². The molecular weight excluding hydrogens is 339 g/mol. The van der Waals surface area contributed by atoms with Crippen molar-refractivity contribution in [3.05, 3.63) is 35.1 Å². The number of ether oxygens (including phenoxy) is 1. The quantitative estimate of drug-likeness (QED) is 0.753. The lowest BCUT2D eigenvalue weighted by Crippen LogP contribution is -2.42. The van der Waals surface area contributed by atoms with Crippen molar-refractivity contribution >= 4 is 17.8 Å². The maximum absolute atomic E-state index is 13.2. The Bertz CT molecular complexity index is 668. The maximum atomic E-state index is 13.2. The number of Topliss-reactive ketones (excluding diaryl/α,β-unsaturated/α-hetero) is 1. The summed E-state index contributed by atoms with van der Waals surface area (Å²) in [6, 6.07) is 3.92. The van der Waals surface area contributed by atoms with E-state index >= 15 is 0 Å². The minimum Gasteiger partial charge on any atom is -0.444 e. The van der Waals surface area contributed by atoms with Crippen molar-refractivity contribution in [3.63, 3.8) is 0 Å². The molecule has 0 aromatic heterocycles. The summed E-state index contributed by atoms with van der Waals surface area (Å²) in [6.07, 6.45) is -0.343. The van der Waals surface area contributed by atoms with E-state index in [-0.39, 0.29) is 37.7 Å². The van der Waals surface area contributed by atoms with Crippen molar-refractivity contribution in [2.24, 2.45) is 0 Å². The van der Waals surface area contributed by atoms with Crippen molar-refractivity contribution in [3.8, 4) is 0 Å². The molecule has 0 aliphatic carbocycles. The SMILES string of the molecule is CCC(=O)N(CCNC(=O)OC(C)(C)C)CC(=O)c1ccc(F)cc1C. The first-order chi connectivity index (χ1) is 12.0. The van der Waals surface area contributed by atoms with Crippen molar-refractivity contribution in [2.45, 2.75) is 46.6 Å². The number of aryl methyl sites for hydroxylation is 1. The van der Waals surface area contributed by atoms with Gasteiger partial charge in [0.1, 0.15) is 11.4 Å². The summed E-state index contributed by atoms with van der Waals surface area (Å²) in [5, 5.41) is 2.56. The van der Waals surface area contributed by atoms with Gasteiger partial charge >= 0.3 is 6.09 Å². The fraction of sp³-hybridized carbons (Fsp3) is 0.526. The summed E-state index contributed by atoms with van der Waals surface area (Å²) in [4.78, 5) is 37.6. The van der Waals surface area contributed by atoms with Crippen LogP contribution in [0.15, 0.2) is 18.2 Å². The first-order valence-electron chi connectivity index (χ1n) is 8.57. The Balaban J connectivity index is 2.68. The van der Waals surface area contributed by atoms with E-state index in [1.807, 2.05) is 0 Å². The van der Waals surface area contributed by atoms with Crippen LogP contribution in [0.1, 0.15) is 50.0 Å². The highest BCUT2D eigenvalue weighted by molar-refractivity contribution is 6.00. The van der Waals surface area contributed by atoms with E-state index in [0.717, 1.165) is 0 Å². The molecule has 1 N–H and O–H groups in total. The second-order valence-corrected chi connectivity index (χ2v) is 6.98. The van der Waals surface area contributed by atoms with Crippen molar-refractivity contribution in [2.75, 3.05) is 19.6 Å². The van der Waals surface area contributed by atoms with Gasteiger partial charge in [0, 0.05) is 25.1 Å². The number of amides is 2. The number of carbonyl (C=O) groups excluding carboxylic acids is 3. The smallest absolute Gasteiger partial charge is 0.407 e. The lowest BCUT2D eigenvalue weighted by atomic mass is 10.0. The van der Waals surface area contributed by atoms with E-state index in [9.17, 15) is 18.8 Å². The summed E-state index contributed by atoms with van der Waals surface area (Å²) in [5.41, 5.74) is 0.283. The second kappa shape index (κ2) is 9.31. The summed E-state index contributed by atoms with van der Waals surface area (Å²) in [5.74, 6) is -0.896. The molecule has 26 heavy (non-hydrogen) atoms. The topological polar surface area (TPSA) is 75.7 Å². The predicted molar refractivity (Wildman–Crippen MR) is 96.6 cm³/mol. The van der Waals surface area contributed by atoms with Crippen LogP contribution in [0.5, 0.6) is 0 Å². The van der Waals surface area contributed by atoms with Crippen LogP contribution in [-0.4, -0.2) is 47.9 Å². The van der Waals surface area contributed by atoms with E-state index in [0.29, 0.717) is 11.1 Å². The van der Waals surface area contributed by atoms with Gasteiger partial charge in [0.05, 0.1) is 6.54 Å². The molecule has 0 aliphatic rings. The molecule has 0 spiro atoms. The number of carbonyl (C=O) groups is 3. The van der Waals surface area contributed by atoms with Gasteiger partial charge in [-0.1, -0.05) is 6.92 Å². The molecule has 6 nitrogen and oxygen atoms in total. The Kier molecular flexibility index (Phi) is 7.74. The zero-order chi connectivity index (χ0) is 19.9. The molecule has 0 saturated carbocycles. The van der Waals surface area contributed by atoms with E-state index < -0.39 is 17.5 Å². The van der Waals surface area contributed by atoms with Crippen LogP contribution in [0.4, 0.5) is 9.18 Å². The van der Waals surface area contributed by atoms with Crippen molar-refractivity contribution in [1.29, 1.82) is 0 Å². The lowest BCUT2D eigenvalue weighted by molar-refractivity contribution is -0.130. The largest absolute Gasteiger partial charge is 0.444 e. The normalized spacial score (nSPS) is 11.0. The number of halogens is 1. The molecular formula is C19H27FN2O4. The van der Waals surface area contributed by atoms with E-state index in [1.54, 1.807) is 34.6 Å². The first-order valence-corrected chi connectivity index (χ1v) is 8.57. The number of benzene rings is 1. The number of ketones is 1. The average Bonchev–Trinajstić information content (AvgIpc) is 2.51. The van der Waals surface area contributed by atoms with Gasteiger partial charge in [0.25, 0.3) is 0 Å². The van der Waals surface area contributed by atoms with Gasteiger partial charge < -0.3 is 15.0 Å². The van der Waals surface area contributed by atoms with Crippen LogP contribution in [-0.2, 0) is 9.53 Å². The third-order valence-corrected chi connectivity index (χ3v) is 3.53. The number of alkyl carbamates (subject to hydrolysis) is 1. The highest BCUT2D eigenvalue weighted by atomic mass is 19.1. The Morgan fingerprint density at radius 3 is 2.42 bits per heavy atom. The molecule has 0 radical (unpaired) electrons. The molecule has 0 unspecified atom stereocenters. The molecule has 0 atom stereocenters. The molecule has 0 heterocycles. The van der Waals surface area contributed by atoms with Gasteiger partial charge in [-0.2, -0.15) is 0 Å². The zero-order valence-electron chi connectivity index (χ0n) is 16.0. The number of rotatable bonds is 7. The maximum Gasteiger partial charge on any atom is 0.407 e. The summed E-state index contributed by atoms with van der Waals surface area (Å²) >= 11 is 0. The third-order valence-electron chi connectivity index (χ3n) is 3.53. The Morgan fingerprint density at radius 2 is 1.88 bits per heavy atom. The summed E-state index contributed by atoms with van der Waals surface area (Å²) in [6.45, 7) is 8.82. The fourth-order valence-electron chi connectivity index (χ4n) is 2.32. The molecule has 0 aliphatic heterocycles. The molecule has 0 fully saturated rings. The first kappa shape index (κ1) is 21.6. The van der Waals surface area contributed by atoms with Crippen molar-refractivity contribution < 1.29 is 23.5 Å². The monoisotopic (exact) mass is 366 g/mol. The number of nitrogens with one attached hydrogen (secondary N) is 1. The predicted octanol–water partition coefficient (Wildman–Crippen LogP) is 3.08. The van der Waals surface area contributed by atoms with E-state index in [4.69, 9.17) is 4.74 Å². The molecule has 1 rings (SSSR count). The van der Waals surface area contributed by atoms with Gasteiger partial charge in [0.15, 0.2) is 5.78 Å². The molecule has 2 amide bonds. The Morgan fingerprint density at radius 1 is 1.23 bits per heavy atom. The molecule has 144 valence electrons. The van der Waals surface area contributed by atoms with Gasteiger partial charge in [-0.05, 0) is 51.5 Å². The molecule has 1 aromatic carbocycles. The Labute approximate surface area is 153 Å². The van der Waals surface area contributed by atoms with Crippen LogP contribution < -0.4 is 5.32 Å². The molecule has 0 saturated heterocycles. The van der Waals surface area contributed by atoms with Crippen LogP contribution >= 0.6 is 0 Å². The van der Waals surface area contributed by atoms with E-state index in [2.05, 4.69) is 5.32 Å². The van der Waals surface area contributed by atoms with Gasteiger partial charge in [0.2, 0.25) is 5.91 Å². The molecule has 7 heteroatoms. The Hall–Kier alpha value is -2.44. The zero-order valence-corrected chi connectivity index (χ0v) is 16.0. The third kappa shape index (κ3) is 7.21. The lowest BCUT2D eigenvalue weighted by Gasteiger charge is -2.23. The van der Waals surface area contributed by atoms with Crippen LogP contribution in [0.2, 0.25) is 0 Å². The van der Waals surface area contributed by atoms with Gasteiger partial charge in [-0.15, -0.1) is 0 Å². The average molecular weight is 366 g/mol. The standard InChI is InChI=1S/C19H27FN2O4/c1-6-17(24)22(10-9-21-18(25)26-19(3,4)5)12-16(23)15-8-7-14(20)11-13(15)2/h7-8,11H,6,9-10,12H2,1-5H3,(H,21,25). The fourth-order valence-corrected chi connectivity index (χ4v) is 2.32. The van der Waals surface area contributed by atoms with Gasteiger partial charge in [-0.3, -0.25) is 9.59 Å². The highest BCUT2D eigenvalue weighted by Crippen LogP contribution is 2.12. The second-order valence-electron chi connectivity index (χ2n) is 6.98. The van der Waals surface area contributed by atoms with Crippen LogP contribution in [0, 0.1) is 12.7 Å². The number of nitrogens with zero attached hydrogens (tertiary/aromatic N) is 1. The van der Waals surface area contributed by atoms with Crippen molar-refractivity contribution in [1.82, 2.24) is 10.2 Å². The van der Waals surface area contributed by atoms with Gasteiger partial charge in [-0.25, -0.2) is 9.18 Å². The van der Waals surface area contributed by atoms with Crippen LogP contribution in [0.3, 0.4) is 0 Å². The highest BCUT2D eigenvalue weighted by Gasteiger charge is 2.20.